The van der Waals surface area contributed by atoms with E-state index >= 15 is 0 Å². The van der Waals surface area contributed by atoms with E-state index in [-0.39, 0.29) is 29.9 Å². The Bertz CT molecular complexity index is 3860. The Morgan fingerprint density at radius 3 is 1.48 bits per heavy atom. The smallest absolute Gasteiger partial charge is 0.409 e. The lowest BCUT2D eigenvalue weighted by molar-refractivity contribution is 0.0741. The molecular formula is C67H64Cl3N9O5S3. The number of halogens is 3. The number of hydrazine groups is 1. The number of ether oxygens (including phenoxy) is 1. The van der Waals surface area contributed by atoms with Crippen molar-refractivity contribution >= 4 is 132 Å². The number of rotatable bonds is 7. The van der Waals surface area contributed by atoms with Gasteiger partial charge in [0.2, 0.25) is 0 Å². The molecule has 20 heteroatoms. The second-order valence-corrected chi connectivity index (χ2v) is 25.9. The van der Waals surface area contributed by atoms with Gasteiger partial charge in [-0.05, 0) is 131 Å². The second-order valence-electron chi connectivity index (χ2n) is 21.5. The van der Waals surface area contributed by atoms with Crippen LogP contribution < -0.4 is 15.6 Å². The molecule has 7 aromatic rings. The monoisotopic (exact) mass is 1280 g/mol. The summed E-state index contributed by atoms with van der Waals surface area (Å²) in [6, 6.07) is 47.2. The molecule has 6 aliphatic rings. The lowest BCUT2D eigenvalue weighted by Crippen LogP contribution is -2.49. The number of likely N-dealkylation sites (tertiary alicyclic amines) is 1. The second kappa shape index (κ2) is 28.4. The van der Waals surface area contributed by atoms with Gasteiger partial charge in [-0.25, -0.2) is 24.8 Å². The Morgan fingerprint density at radius 1 is 0.517 bits per heavy atom. The number of hydrogen-bond acceptors (Lipinski definition) is 13. The normalized spacial score (nSPS) is 16.2. The summed E-state index contributed by atoms with van der Waals surface area (Å²) in [6.45, 7) is 12.4. The van der Waals surface area contributed by atoms with Gasteiger partial charge in [0.25, 0.3) is 17.7 Å². The molecule has 87 heavy (non-hydrogen) atoms. The summed E-state index contributed by atoms with van der Waals surface area (Å²) in [7, 11) is 0. The maximum Gasteiger partial charge on any atom is 0.409 e. The summed E-state index contributed by atoms with van der Waals surface area (Å²) in [4.78, 5) is 76.2. The minimum atomic E-state index is -0.290. The molecule has 13 rings (SSSR count). The first kappa shape index (κ1) is 61.6. The first-order chi connectivity index (χ1) is 42.2. The van der Waals surface area contributed by atoms with Gasteiger partial charge in [-0.3, -0.25) is 19.8 Å². The largest absolute Gasteiger partial charge is 0.450 e. The topological polar surface area (TPSA) is 152 Å². The third kappa shape index (κ3) is 14.9. The molecule has 0 aromatic heterocycles. The average molecular weight is 1280 g/mol. The lowest BCUT2D eigenvalue weighted by Gasteiger charge is -2.37. The van der Waals surface area contributed by atoms with Crippen LogP contribution in [0.15, 0.2) is 190 Å². The van der Waals surface area contributed by atoms with Crippen molar-refractivity contribution in [1.29, 1.82) is 0 Å². The fourth-order valence-electron chi connectivity index (χ4n) is 10.9. The molecule has 3 fully saturated rings. The van der Waals surface area contributed by atoms with Crippen molar-refractivity contribution in [3.63, 3.8) is 0 Å². The van der Waals surface area contributed by atoms with Gasteiger partial charge in [-0.2, -0.15) is 0 Å². The molecule has 0 aliphatic carbocycles. The molecule has 0 unspecified atom stereocenters. The third-order valence-corrected chi connectivity index (χ3v) is 19.8. The number of piperazine rings is 1. The van der Waals surface area contributed by atoms with Gasteiger partial charge >= 0.3 is 6.09 Å². The summed E-state index contributed by atoms with van der Waals surface area (Å²) >= 11 is 24.2. The lowest BCUT2D eigenvalue weighted by atomic mass is 10.0. The molecular weight excluding hydrogens is 1210 g/mol. The number of piperidine rings is 2. The zero-order chi connectivity index (χ0) is 60.6. The van der Waals surface area contributed by atoms with Crippen LogP contribution in [0.4, 0.5) is 27.5 Å². The number of amides is 4. The maximum atomic E-state index is 13.2. The quantitative estimate of drug-likeness (QED) is 0.158. The number of nitrogens with one attached hydrogen (secondary N) is 2. The summed E-state index contributed by atoms with van der Waals surface area (Å²) < 4.78 is 5.04. The van der Waals surface area contributed by atoms with E-state index < -0.39 is 0 Å². The van der Waals surface area contributed by atoms with E-state index in [9.17, 15) is 19.2 Å². The van der Waals surface area contributed by atoms with Crippen molar-refractivity contribution in [1.82, 2.24) is 25.6 Å². The fourth-order valence-corrected chi connectivity index (χ4v) is 14.9. The minimum absolute atomic E-state index is 0.0210. The molecule has 0 radical (unpaired) electrons. The number of aryl methyl sites for hydroxylation is 2. The number of hydrogen-bond donors (Lipinski definition) is 2. The first-order valence-electron chi connectivity index (χ1n) is 29.1. The standard InChI is InChI=1S/C26H24ClN3OS.C22H22ClN3O3S.C19H18ClN3OS/c1-17-7-9-22(18(2)15-17)29-11-13-30(14-12-29)26(31)19-8-10-24-21(16-19)28-25(27)20-5-3-4-6-23(20)32-24;1-2-29-22(28)26-11-9-15(10-12-26)24-21(27)14-7-8-19-17(13-14)25-20(23)16-5-3-4-6-18(16)30-19;20-18-14-6-2-3-7-16(14)25-17-9-8-13(12-15(17)21-18)19(24)22-23-10-4-1-5-11-23/h3-10,15-16H,11-14H2,1-2H3;3-8,13,15H,2,9-12H2,1H3,(H,24,27);2-3,6-9,12H,1,4-5,10-11H2,(H,22,24). The fraction of sp³-hybridized carbons (Fsp3) is 0.269. The number of nitrogens with zero attached hydrogens (tertiary/aromatic N) is 7. The Hall–Kier alpha value is -7.09. The van der Waals surface area contributed by atoms with E-state index in [0.29, 0.717) is 83.5 Å². The summed E-state index contributed by atoms with van der Waals surface area (Å²) in [5.41, 5.74) is 13.5. The van der Waals surface area contributed by atoms with E-state index in [4.69, 9.17) is 39.5 Å². The molecule has 2 N–H and O–H groups in total. The highest BCUT2D eigenvalue weighted by atomic mass is 35.5. The average Bonchev–Trinajstić information content (AvgIpc) is 3.36. The van der Waals surface area contributed by atoms with Crippen molar-refractivity contribution in [2.75, 3.05) is 63.9 Å². The zero-order valence-corrected chi connectivity index (χ0v) is 53.1. The van der Waals surface area contributed by atoms with E-state index in [1.54, 1.807) is 53.2 Å². The van der Waals surface area contributed by atoms with E-state index in [0.717, 1.165) is 96.5 Å². The van der Waals surface area contributed by atoms with Gasteiger partial charge < -0.3 is 24.8 Å². The molecule has 7 aromatic carbocycles. The van der Waals surface area contributed by atoms with Crippen LogP contribution in [-0.4, -0.2) is 119 Å². The van der Waals surface area contributed by atoms with Crippen LogP contribution in [0.3, 0.4) is 0 Å². The van der Waals surface area contributed by atoms with Gasteiger partial charge in [0.15, 0.2) is 0 Å². The summed E-state index contributed by atoms with van der Waals surface area (Å²) in [5.74, 6) is -0.195. The van der Waals surface area contributed by atoms with E-state index in [2.05, 4.69) is 62.7 Å². The van der Waals surface area contributed by atoms with Gasteiger partial charge in [0.05, 0.1) is 23.7 Å². The molecule has 0 atom stereocenters. The molecule has 0 saturated carbocycles. The van der Waals surface area contributed by atoms with E-state index in [1.165, 1.54) is 23.2 Å². The molecule has 0 bridgehead atoms. The molecule has 0 spiro atoms. The van der Waals surface area contributed by atoms with Crippen LogP contribution in [0.5, 0.6) is 0 Å². The highest BCUT2D eigenvalue weighted by molar-refractivity contribution is 8.00. The highest BCUT2D eigenvalue weighted by Crippen LogP contribution is 2.44. The maximum absolute atomic E-state index is 13.2. The van der Waals surface area contributed by atoms with Gasteiger partial charge in [-0.15, -0.1) is 0 Å². The molecule has 14 nitrogen and oxygen atoms in total. The van der Waals surface area contributed by atoms with Gasteiger partial charge in [-0.1, -0.05) is 149 Å². The molecule has 4 amide bonds. The van der Waals surface area contributed by atoms with Crippen LogP contribution >= 0.6 is 70.1 Å². The van der Waals surface area contributed by atoms with Gasteiger partial charge in [0.1, 0.15) is 15.5 Å². The van der Waals surface area contributed by atoms with Crippen LogP contribution in [-0.2, 0) is 4.74 Å². The molecule has 3 saturated heterocycles. The van der Waals surface area contributed by atoms with Crippen molar-refractivity contribution in [3.05, 3.63) is 190 Å². The Morgan fingerprint density at radius 2 is 0.989 bits per heavy atom. The van der Waals surface area contributed by atoms with Crippen LogP contribution in [0, 0.1) is 13.8 Å². The Kier molecular flexibility index (Phi) is 20.1. The number of aliphatic imine (C=N–C) groups is 3. The first-order valence-corrected chi connectivity index (χ1v) is 32.7. The number of benzene rings is 7. The van der Waals surface area contributed by atoms with Crippen LogP contribution in [0.2, 0.25) is 0 Å². The van der Waals surface area contributed by atoms with Crippen molar-refractivity contribution < 1.29 is 23.9 Å². The molecule has 446 valence electrons. The third-order valence-electron chi connectivity index (χ3n) is 15.5. The number of fused-ring (bicyclic) bond motifs is 6. The minimum Gasteiger partial charge on any atom is -0.450 e. The van der Waals surface area contributed by atoms with Gasteiger partial charge in [0, 0.05) is 127 Å². The number of carbonyl (C=O) groups excluding carboxylic acids is 4. The van der Waals surface area contributed by atoms with E-state index in [1.807, 2.05) is 131 Å². The predicted octanol–water partition coefficient (Wildman–Crippen LogP) is 15.5. The van der Waals surface area contributed by atoms with Crippen molar-refractivity contribution in [2.24, 2.45) is 15.0 Å². The Balaban J connectivity index is 0.000000136. The summed E-state index contributed by atoms with van der Waals surface area (Å²) in [5, 5.41) is 6.40. The van der Waals surface area contributed by atoms with Crippen LogP contribution in [0.25, 0.3) is 0 Å². The number of anilines is 1. The number of carbonyl (C=O) groups is 4. The molecule has 6 heterocycles. The predicted molar refractivity (Wildman–Crippen MR) is 353 cm³/mol. The highest BCUT2D eigenvalue weighted by Gasteiger charge is 2.28. The Labute approximate surface area is 535 Å². The SMILES string of the molecule is CCOC(=O)N1CCC(NC(=O)c2ccc3c(c2)N=C(Cl)c2ccccc2S3)CC1.Cc1ccc(N2CCN(C(=O)c3ccc4c(c3)N=C(Cl)c3ccccc3S4)CC2)c(C)c1.O=C(NN1CCCCC1)c1ccc2c(c1)N=C(Cl)c1ccccc1S2. The zero-order valence-electron chi connectivity index (χ0n) is 48.4. The summed E-state index contributed by atoms with van der Waals surface area (Å²) in [6.07, 6.45) is 4.59. The molecule has 6 aliphatic heterocycles. The van der Waals surface area contributed by atoms with Crippen LogP contribution in [0.1, 0.15) is 97.9 Å². The van der Waals surface area contributed by atoms with Crippen molar-refractivity contribution in [2.45, 2.75) is 88.3 Å². The van der Waals surface area contributed by atoms with Crippen molar-refractivity contribution in [3.8, 4) is 0 Å².